The van der Waals surface area contributed by atoms with E-state index in [0.29, 0.717) is 24.0 Å². The van der Waals surface area contributed by atoms with Crippen LogP contribution in [0.15, 0.2) is 11.6 Å². The van der Waals surface area contributed by atoms with Gasteiger partial charge in [0, 0.05) is 24.2 Å². The molecule has 1 unspecified atom stereocenters. The van der Waals surface area contributed by atoms with Gasteiger partial charge < -0.3 is 4.74 Å². The zero-order valence-electron chi connectivity index (χ0n) is 16.5. The number of carbonyl (C=O) groups excluding carboxylic acids is 2. The molecule has 7 rings (SSSR count). The minimum atomic E-state index is -0.131. The summed E-state index contributed by atoms with van der Waals surface area (Å²) in [5, 5.41) is 0. The summed E-state index contributed by atoms with van der Waals surface area (Å²) in [5.41, 5.74) is 1.85. The summed E-state index contributed by atoms with van der Waals surface area (Å²) in [5.74, 6) is 5.65. The standard InChI is InChI=1S/C24H30O3/c1-22-6-3-12(25)9-17(22)13-10-14(13)20-16(22)4-7-23(2)21(20)15-11-18(15)24(23)8-5-19(26)27-24/h9,13-16,18,20-21H,3-8,10-11H2,1-2H3/t13-,14?,15-,16+,18+,20-,21+,22-,23+,24+/m1/s1. The van der Waals surface area contributed by atoms with Crippen LogP contribution in [0.2, 0.25) is 0 Å². The molecule has 6 aliphatic carbocycles. The van der Waals surface area contributed by atoms with Crippen LogP contribution in [0.4, 0.5) is 0 Å². The molecule has 0 radical (unpaired) electrons. The van der Waals surface area contributed by atoms with Gasteiger partial charge in [-0.05, 0) is 85.5 Å². The number of hydrogen-bond donors (Lipinski definition) is 0. The highest BCUT2D eigenvalue weighted by Crippen LogP contribution is 2.82. The molecule has 1 heterocycles. The second-order valence-electron chi connectivity index (χ2n) is 11.5. The highest BCUT2D eigenvalue weighted by atomic mass is 16.6. The number of allylic oxidation sites excluding steroid dienone is 1. The summed E-state index contributed by atoms with van der Waals surface area (Å²) in [7, 11) is 0. The van der Waals surface area contributed by atoms with Gasteiger partial charge in [0.15, 0.2) is 5.78 Å². The second-order valence-corrected chi connectivity index (χ2v) is 11.5. The smallest absolute Gasteiger partial charge is 0.306 e. The maximum Gasteiger partial charge on any atom is 0.306 e. The summed E-state index contributed by atoms with van der Waals surface area (Å²) in [6.45, 7) is 4.99. The average molecular weight is 367 g/mol. The molecule has 144 valence electrons. The minimum Gasteiger partial charge on any atom is -0.458 e. The second kappa shape index (κ2) is 4.39. The largest absolute Gasteiger partial charge is 0.458 e. The van der Waals surface area contributed by atoms with E-state index in [1.807, 2.05) is 0 Å². The van der Waals surface area contributed by atoms with Gasteiger partial charge in [-0.15, -0.1) is 0 Å². The Bertz CT molecular complexity index is 827. The van der Waals surface area contributed by atoms with Gasteiger partial charge >= 0.3 is 5.97 Å². The maximum absolute atomic E-state index is 12.2. The third-order valence-electron chi connectivity index (χ3n) is 10.9. The van der Waals surface area contributed by atoms with Crippen molar-refractivity contribution in [2.24, 2.45) is 52.3 Å². The van der Waals surface area contributed by atoms with E-state index in [1.54, 1.807) is 0 Å². The van der Waals surface area contributed by atoms with Gasteiger partial charge in [0.05, 0.1) is 0 Å². The van der Waals surface area contributed by atoms with Crippen molar-refractivity contribution in [1.29, 1.82) is 0 Å². The van der Waals surface area contributed by atoms with Gasteiger partial charge in [-0.25, -0.2) is 0 Å². The van der Waals surface area contributed by atoms with Crippen molar-refractivity contribution in [3.8, 4) is 0 Å². The van der Waals surface area contributed by atoms with Gasteiger partial charge in [0.1, 0.15) is 5.60 Å². The van der Waals surface area contributed by atoms with Crippen molar-refractivity contribution in [2.75, 3.05) is 0 Å². The zero-order valence-corrected chi connectivity index (χ0v) is 16.5. The molecule has 0 aromatic heterocycles. The Kier molecular flexibility index (Phi) is 2.56. The van der Waals surface area contributed by atoms with Crippen LogP contribution in [-0.2, 0) is 14.3 Å². The molecule has 3 heteroatoms. The lowest BCUT2D eigenvalue weighted by Crippen LogP contribution is -2.57. The lowest BCUT2D eigenvalue weighted by Gasteiger charge is -2.60. The Morgan fingerprint density at radius 3 is 2.63 bits per heavy atom. The number of ether oxygens (including phenoxy) is 1. The summed E-state index contributed by atoms with van der Waals surface area (Å²) in [6.07, 6.45) is 10.6. The van der Waals surface area contributed by atoms with Crippen molar-refractivity contribution in [3.63, 3.8) is 0 Å². The van der Waals surface area contributed by atoms with Crippen molar-refractivity contribution in [3.05, 3.63) is 11.6 Å². The number of fused-ring (bicyclic) bond motifs is 12. The van der Waals surface area contributed by atoms with E-state index in [9.17, 15) is 9.59 Å². The quantitative estimate of drug-likeness (QED) is 0.600. The number of esters is 1. The monoisotopic (exact) mass is 366 g/mol. The molecule has 0 N–H and O–H groups in total. The normalized spacial score (nSPS) is 62.0. The predicted molar refractivity (Wildman–Crippen MR) is 99.5 cm³/mol. The predicted octanol–water partition coefficient (Wildman–Crippen LogP) is 4.31. The van der Waals surface area contributed by atoms with Crippen LogP contribution >= 0.6 is 0 Å². The van der Waals surface area contributed by atoms with E-state index in [4.69, 9.17) is 4.74 Å². The van der Waals surface area contributed by atoms with Gasteiger partial charge in [-0.1, -0.05) is 19.4 Å². The number of ketones is 1. The summed E-state index contributed by atoms with van der Waals surface area (Å²) in [6, 6.07) is 0. The lowest BCUT2D eigenvalue weighted by atomic mass is 9.45. The molecule has 1 aliphatic heterocycles. The zero-order chi connectivity index (χ0) is 18.3. The first-order valence-corrected chi connectivity index (χ1v) is 11.4. The van der Waals surface area contributed by atoms with Crippen LogP contribution in [0.25, 0.3) is 0 Å². The number of carbonyl (C=O) groups is 2. The fourth-order valence-corrected chi connectivity index (χ4v) is 9.74. The molecule has 1 spiro atoms. The topological polar surface area (TPSA) is 43.4 Å². The molecule has 0 amide bonds. The molecule has 1 saturated heterocycles. The van der Waals surface area contributed by atoms with E-state index >= 15 is 0 Å². The first kappa shape index (κ1) is 15.8. The molecule has 0 aromatic rings. The SMILES string of the molecule is C[C@]12CCC(=O)C=C1[C@@H]1CC1[C@H]1[C@@H]3[C@@H]4C[C@@H]4[C@@]4(CCC(=O)O4)[C@@]3(C)CC[C@@H]12. The Balaban J connectivity index is 1.33. The Morgan fingerprint density at radius 1 is 1.00 bits per heavy atom. The van der Waals surface area contributed by atoms with Gasteiger partial charge in [0.2, 0.25) is 0 Å². The fourth-order valence-electron chi connectivity index (χ4n) is 9.74. The van der Waals surface area contributed by atoms with E-state index in [-0.39, 0.29) is 22.4 Å². The maximum atomic E-state index is 12.2. The minimum absolute atomic E-state index is 0.0561. The highest BCUT2D eigenvalue weighted by Gasteiger charge is 2.81. The van der Waals surface area contributed by atoms with E-state index in [1.165, 1.54) is 31.3 Å². The summed E-state index contributed by atoms with van der Waals surface area (Å²) < 4.78 is 6.22. The third kappa shape index (κ3) is 1.58. The fraction of sp³-hybridized carbons (Fsp3) is 0.833. The van der Waals surface area contributed by atoms with Crippen LogP contribution < -0.4 is 0 Å². The molecular formula is C24H30O3. The Morgan fingerprint density at radius 2 is 1.85 bits per heavy atom. The van der Waals surface area contributed by atoms with Crippen molar-refractivity contribution in [2.45, 2.75) is 70.8 Å². The summed E-state index contributed by atoms with van der Waals surface area (Å²) >= 11 is 0. The van der Waals surface area contributed by atoms with Crippen molar-refractivity contribution < 1.29 is 14.3 Å². The van der Waals surface area contributed by atoms with Gasteiger partial charge in [0.25, 0.3) is 0 Å². The van der Waals surface area contributed by atoms with Crippen LogP contribution in [0.5, 0.6) is 0 Å². The Labute approximate surface area is 161 Å². The van der Waals surface area contributed by atoms with Crippen LogP contribution in [-0.4, -0.2) is 17.4 Å². The van der Waals surface area contributed by atoms with Crippen LogP contribution in [0, 0.1) is 52.3 Å². The van der Waals surface area contributed by atoms with Gasteiger partial charge in [-0.3, -0.25) is 9.59 Å². The molecule has 27 heavy (non-hydrogen) atoms. The third-order valence-corrected chi connectivity index (χ3v) is 10.9. The van der Waals surface area contributed by atoms with E-state index in [0.717, 1.165) is 48.9 Å². The van der Waals surface area contributed by atoms with Crippen molar-refractivity contribution in [1.82, 2.24) is 0 Å². The van der Waals surface area contributed by atoms with Gasteiger partial charge in [-0.2, -0.15) is 0 Å². The van der Waals surface area contributed by atoms with E-state index < -0.39 is 0 Å². The molecule has 7 aliphatic rings. The molecule has 0 aromatic carbocycles. The first-order valence-electron chi connectivity index (χ1n) is 11.4. The van der Waals surface area contributed by atoms with Crippen LogP contribution in [0.3, 0.4) is 0 Å². The molecule has 5 saturated carbocycles. The van der Waals surface area contributed by atoms with Crippen molar-refractivity contribution >= 4 is 11.8 Å². The highest BCUT2D eigenvalue weighted by molar-refractivity contribution is 5.92. The molecule has 0 bridgehead atoms. The lowest BCUT2D eigenvalue weighted by molar-refractivity contribution is -0.177. The van der Waals surface area contributed by atoms with Crippen LogP contribution in [0.1, 0.15) is 65.2 Å². The molecular weight excluding hydrogens is 336 g/mol. The average Bonchev–Trinajstić information content (AvgIpc) is 3.53. The van der Waals surface area contributed by atoms with E-state index in [2.05, 4.69) is 19.9 Å². The molecule has 6 fully saturated rings. The molecule has 10 atom stereocenters. The number of hydrogen-bond acceptors (Lipinski definition) is 3. The summed E-state index contributed by atoms with van der Waals surface area (Å²) in [4.78, 5) is 24.3. The Hall–Kier alpha value is -1.12. The first-order chi connectivity index (χ1) is 12.9. The number of rotatable bonds is 0. The molecule has 3 nitrogen and oxygen atoms in total.